The molecule has 0 aliphatic carbocycles. The van der Waals surface area contributed by atoms with Crippen molar-refractivity contribution in [3.63, 3.8) is 0 Å². The van der Waals surface area contributed by atoms with Crippen molar-refractivity contribution in [2.24, 2.45) is 11.1 Å². The maximum Gasteiger partial charge on any atom is 0.242 e. The molecule has 0 aromatic heterocycles. The highest BCUT2D eigenvalue weighted by Crippen LogP contribution is 2.25. The summed E-state index contributed by atoms with van der Waals surface area (Å²) in [5.41, 5.74) is 5.10. The Morgan fingerprint density at radius 2 is 1.81 bits per heavy atom. The number of carbonyl (C=O) groups is 2. The van der Waals surface area contributed by atoms with Gasteiger partial charge < -0.3 is 16.4 Å². The minimum atomic E-state index is -0.553. The molecule has 2 amide bonds. The lowest BCUT2D eigenvalue weighted by atomic mass is 9.81. The molecule has 1 unspecified atom stereocenters. The summed E-state index contributed by atoms with van der Waals surface area (Å²) in [7, 11) is 1.54. The first kappa shape index (κ1) is 14.9. The van der Waals surface area contributed by atoms with Crippen LogP contribution in [0, 0.1) is 5.41 Å². The van der Waals surface area contributed by atoms with Gasteiger partial charge in [0, 0.05) is 13.6 Å². The smallest absolute Gasteiger partial charge is 0.242 e. The van der Waals surface area contributed by atoms with E-state index in [0.717, 1.165) is 0 Å². The van der Waals surface area contributed by atoms with Crippen LogP contribution in [0.2, 0.25) is 0 Å². The number of amides is 2. The van der Waals surface area contributed by atoms with Gasteiger partial charge in [-0.1, -0.05) is 13.8 Å². The molecule has 1 atom stereocenters. The van der Waals surface area contributed by atoms with Gasteiger partial charge in [0.05, 0.1) is 5.41 Å². The lowest BCUT2D eigenvalue weighted by molar-refractivity contribution is -0.135. The van der Waals surface area contributed by atoms with Crippen molar-refractivity contribution in [2.45, 2.75) is 39.7 Å². The van der Waals surface area contributed by atoms with E-state index in [9.17, 15) is 9.59 Å². The first-order chi connectivity index (χ1) is 7.47. The van der Waals surface area contributed by atoms with Gasteiger partial charge in [-0.2, -0.15) is 0 Å². The second kappa shape index (κ2) is 6.48. The number of hydrogen-bond donors (Lipinski definition) is 3. The molecule has 0 saturated carbocycles. The summed E-state index contributed by atoms with van der Waals surface area (Å²) in [5.74, 6) is -0.345. The Morgan fingerprint density at radius 3 is 2.12 bits per heavy atom. The van der Waals surface area contributed by atoms with Crippen LogP contribution in [0.5, 0.6) is 0 Å². The fourth-order valence-electron chi connectivity index (χ4n) is 1.58. The summed E-state index contributed by atoms with van der Waals surface area (Å²) in [4.78, 5) is 23.3. The molecule has 0 radical (unpaired) electrons. The molecule has 0 saturated heterocycles. The van der Waals surface area contributed by atoms with E-state index in [1.165, 1.54) is 0 Å². The Morgan fingerprint density at radius 1 is 1.31 bits per heavy atom. The number of hydrogen-bond acceptors (Lipinski definition) is 3. The van der Waals surface area contributed by atoms with Gasteiger partial charge in [0.1, 0.15) is 6.04 Å². The molecule has 0 bridgehead atoms. The first-order valence-corrected chi connectivity index (χ1v) is 5.70. The molecule has 0 aliphatic rings. The number of nitrogens with one attached hydrogen (secondary N) is 2. The van der Waals surface area contributed by atoms with Gasteiger partial charge in [-0.05, 0) is 19.8 Å². The van der Waals surface area contributed by atoms with Crippen LogP contribution in [0.4, 0.5) is 0 Å². The van der Waals surface area contributed by atoms with E-state index in [1.54, 1.807) is 14.0 Å². The lowest BCUT2D eigenvalue weighted by Gasteiger charge is -2.29. The van der Waals surface area contributed by atoms with Crippen LogP contribution in [0.15, 0.2) is 0 Å². The van der Waals surface area contributed by atoms with Gasteiger partial charge in [-0.25, -0.2) is 0 Å². The predicted octanol–water partition coefficient (Wildman–Crippen LogP) is 0.00220. The van der Waals surface area contributed by atoms with E-state index < -0.39 is 11.5 Å². The first-order valence-electron chi connectivity index (χ1n) is 5.70. The summed E-state index contributed by atoms with van der Waals surface area (Å²) in [5, 5.41) is 5.18. The van der Waals surface area contributed by atoms with Crippen molar-refractivity contribution in [3.05, 3.63) is 0 Å². The molecule has 5 nitrogen and oxygen atoms in total. The predicted molar refractivity (Wildman–Crippen MR) is 63.7 cm³/mol. The quantitative estimate of drug-likeness (QED) is 0.599. The largest absolute Gasteiger partial charge is 0.357 e. The van der Waals surface area contributed by atoms with Gasteiger partial charge >= 0.3 is 0 Å². The minimum Gasteiger partial charge on any atom is -0.357 e. The molecule has 94 valence electrons. The van der Waals surface area contributed by atoms with Crippen LogP contribution in [0.25, 0.3) is 0 Å². The zero-order valence-corrected chi connectivity index (χ0v) is 10.6. The van der Waals surface area contributed by atoms with Crippen LogP contribution in [0.1, 0.15) is 33.6 Å². The van der Waals surface area contributed by atoms with Gasteiger partial charge in [-0.3, -0.25) is 9.59 Å². The topological polar surface area (TPSA) is 84.2 Å². The van der Waals surface area contributed by atoms with Crippen molar-refractivity contribution >= 4 is 11.8 Å². The fraction of sp³-hybridized carbons (Fsp3) is 0.818. The highest BCUT2D eigenvalue weighted by atomic mass is 16.2. The van der Waals surface area contributed by atoms with Crippen molar-refractivity contribution < 1.29 is 9.59 Å². The van der Waals surface area contributed by atoms with Crippen LogP contribution in [-0.4, -0.2) is 31.4 Å². The molecular weight excluding hydrogens is 206 g/mol. The second-order valence-corrected chi connectivity index (χ2v) is 4.00. The van der Waals surface area contributed by atoms with Crippen molar-refractivity contribution in [1.82, 2.24) is 10.6 Å². The Kier molecular flexibility index (Phi) is 6.03. The number of likely N-dealkylation sites (N-methyl/N-ethyl adjacent to an activating group) is 1. The van der Waals surface area contributed by atoms with Crippen molar-refractivity contribution in [3.8, 4) is 0 Å². The highest BCUT2D eigenvalue weighted by Gasteiger charge is 2.34. The van der Waals surface area contributed by atoms with Gasteiger partial charge in [0.2, 0.25) is 11.8 Å². The van der Waals surface area contributed by atoms with Gasteiger partial charge in [0.15, 0.2) is 0 Å². The van der Waals surface area contributed by atoms with Crippen LogP contribution < -0.4 is 16.4 Å². The molecule has 0 heterocycles. The lowest BCUT2D eigenvalue weighted by Crippen LogP contribution is -2.51. The van der Waals surface area contributed by atoms with Gasteiger partial charge in [-0.15, -0.1) is 0 Å². The Hall–Kier alpha value is -1.10. The maximum atomic E-state index is 12.0. The molecule has 0 aliphatic heterocycles. The standard InChI is InChI=1S/C11H23N3O2/c1-5-11(6-2,7-12)10(16)14-8(3)9(15)13-4/h8H,5-7,12H2,1-4H3,(H,13,15)(H,14,16). The molecule has 4 N–H and O–H groups in total. The van der Waals surface area contributed by atoms with Crippen molar-refractivity contribution in [1.29, 1.82) is 0 Å². The highest BCUT2D eigenvalue weighted by molar-refractivity contribution is 5.89. The normalized spacial score (nSPS) is 13.1. The second-order valence-electron chi connectivity index (χ2n) is 4.00. The molecule has 0 aromatic carbocycles. The third-order valence-electron chi connectivity index (χ3n) is 3.21. The molecule has 16 heavy (non-hydrogen) atoms. The Labute approximate surface area is 97.2 Å². The number of rotatable bonds is 6. The summed E-state index contributed by atoms with van der Waals surface area (Å²) in [6.45, 7) is 5.82. The van der Waals surface area contributed by atoms with E-state index in [0.29, 0.717) is 19.4 Å². The minimum absolute atomic E-state index is 0.142. The van der Waals surface area contributed by atoms with Crippen LogP contribution >= 0.6 is 0 Å². The molecule has 5 heteroatoms. The number of carbonyl (C=O) groups excluding carboxylic acids is 2. The number of nitrogens with two attached hydrogens (primary N) is 1. The van der Waals surface area contributed by atoms with E-state index in [1.807, 2.05) is 13.8 Å². The van der Waals surface area contributed by atoms with Crippen LogP contribution in [0.3, 0.4) is 0 Å². The van der Waals surface area contributed by atoms with E-state index >= 15 is 0 Å². The summed E-state index contributed by atoms with van der Waals surface area (Å²) in [6.07, 6.45) is 1.35. The monoisotopic (exact) mass is 229 g/mol. The third-order valence-corrected chi connectivity index (χ3v) is 3.21. The maximum absolute atomic E-state index is 12.0. The molecule has 0 rings (SSSR count). The van der Waals surface area contributed by atoms with Crippen LogP contribution in [-0.2, 0) is 9.59 Å². The molecular formula is C11H23N3O2. The van der Waals surface area contributed by atoms with E-state index in [-0.39, 0.29) is 11.8 Å². The van der Waals surface area contributed by atoms with Gasteiger partial charge in [0.25, 0.3) is 0 Å². The van der Waals surface area contributed by atoms with E-state index in [2.05, 4.69) is 10.6 Å². The average Bonchev–Trinajstić information content (AvgIpc) is 2.30. The Bertz CT molecular complexity index is 241. The zero-order chi connectivity index (χ0) is 12.8. The third kappa shape index (κ3) is 3.20. The van der Waals surface area contributed by atoms with E-state index in [4.69, 9.17) is 5.73 Å². The molecule has 0 spiro atoms. The zero-order valence-electron chi connectivity index (χ0n) is 10.6. The van der Waals surface area contributed by atoms with Crippen molar-refractivity contribution in [2.75, 3.05) is 13.6 Å². The average molecular weight is 229 g/mol. The summed E-state index contributed by atoms with van der Waals surface area (Å²) < 4.78 is 0. The SMILES string of the molecule is CCC(CC)(CN)C(=O)NC(C)C(=O)NC. The summed E-state index contributed by atoms with van der Waals surface area (Å²) >= 11 is 0. The summed E-state index contributed by atoms with van der Waals surface area (Å²) in [6, 6.07) is -0.526. The fourth-order valence-corrected chi connectivity index (χ4v) is 1.58. The molecule has 0 fully saturated rings. The Balaban J connectivity index is 4.60. The molecule has 0 aromatic rings.